The number of amides is 1. The van der Waals surface area contributed by atoms with E-state index in [2.05, 4.69) is 16.4 Å². The average molecular weight is 527 g/mol. The molecule has 0 aliphatic carbocycles. The number of aliphatic hydroxyl groups is 2. The minimum absolute atomic E-state index is 0.0337. The van der Waals surface area contributed by atoms with Gasteiger partial charge in [-0.25, -0.2) is 8.78 Å². The molecule has 3 N–H and O–H groups in total. The van der Waals surface area contributed by atoms with Crippen LogP contribution in [0.4, 0.5) is 8.78 Å². The predicted molar refractivity (Wildman–Crippen MR) is 140 cm³/mol. The fourth-order valence-electron chi connectivity index (χ4n) is 4.78. The summed E-state index contributed by atoms with van der Waals surface area (Å²) in [6.07, 6.45) is 5.33. The molecule has 0 bridgehead atoms. The number of nitrogens with one attached hydrogen (secondary N) is 1. The van der Waals surface area contributed by atoms with E-state index in [-0.39, 0.29) is 18.1 Å². The lowest BCUT2D eigenvalue weighted by Crippen LogP contribution is -2.50. The number of pyridine rings is 1. The normalized spacial score (nSPS) is 20.5. The lowest BCUT2D eigenvalue weighted by atomic mass is 9.91. The van der Waals surface area contributed by atoms with Gasteiger partial charge in [-0.1, -0.05) is 12.1 Å². The van der Waals surface area contributed by atoms with E-state index in [0.717, 1.165) is 53.6 Å². The van der Waals surface area contributed by atoms with Crippen molar-refractivity contribution in [3.8, 4) is 5.75 Å². The molecule has 1 fully saturated rings. The maximum absolute atomic E-state index is 13.9. The molecule has 1 aliphatic heterocycles. The molecule has 1 saturated heterocycles. The third-order valence-corrected chi connectivity index (χ3v) is 6.79. The Labute approximate surface area is 220 Å². The average Bonchev–Trinajstić information content (AvgIpc) is 2.93. The van der Waals surface area contributed by atoms with Crippen LogP contribution in [-0.4, -0.2) is 59.2 Å². The third-order valence-electron chi connectivity index (χ3n) is 6.79. The van der Waals surface area contributed by atoms with Gasteiger partial charge in [-0.15, -0.1) is 0 Å². The van der Waals surface area contributed by atoms with Crippen LogP contribution in [0.1, 0.15) is 36.8 Å². The van der Waals surface area contributed by atoms with E-state index in [1.807, 2.05) is 18.2 Å². The van der Waals surface area contributed by atoms with Gasteiger partial charge in [-0.3, -0.25) is 9.78 Å². The van der Waals surface area contributed by atoms with Gasteiger partial charge in [-0.2, -0.15) is 0 Å². The molecule has 7 nitrogen and oxygen atoms in total. The second-order valence-corrected chi connectivity index (χ2v) is 9.46. The highest BCUT2D eigenvalue weighted by molar-refractivity contribution is 5.92. The minimum atomic E-state index is -0.994. The first kappa shape index (κ1) is 27.6. The van der Waals surface area contributed by atoms with E-state index in [9.17, 15) is 23.8 Å². The number of carbonyl (C=O) groups excluding carboxylic acids is 1. The molecule has 202 valence electrons. The van der Waals surface area contributed by atoms with Gasteiger partial charge in [-0.05, 0) is 67.7 Å². The molecule has 2 heterocycles. The van der Waals surface area contributed by atoms with Crippen LogP contribution in [0.25, 0.3) is 17.0 Å². The summed E-state index contributed by atoms with van der Waals surface area (Å²) >= 11 is 0. The van der Waals surface area contributed by atoms with Crippen molar-refractivity contribution in [3.05, 3.63) is 77.5 Å². The summed E-state index contributed by atoms with van der Waals surface area (Å²) in [5.41, 5.74) is 1.97. The smallest absolute Gasteiger partial charge is 0.244 e. The van der Waals surface area contributed by atoms with E-state index >= 15 is 0 Å². The first-order chi connectivity index (χ1) is 18.4. The number of ether oxygens (including phenoxy) is 2. The van der Waals surface area contributed by atoms with Crippen LogP contribution in [0.2, 0.25) is 0 Å². The SMILES string of the molecule is COc1cnc2cccc(CC[C@@H]3CC[C@@H](NC(=O)C=Cc4cc(F)ccc4F)[C@@H](CC(O)CO)O3)c2c1. The van der Waals surface area contributed by atoms with Gasteiger partial charge in [0.1, 0.15) is 17.4 Å². The lowest BCUT2D eigenvalue weighted by Gasteiger charge is -2.38. The maximum atomic E-state index is 13.9. The number of carbonyl (C=O) groups is 1. The van der Waals surface area contributed by atoms with E-state index in [1.165, 1.54) is 6.08 Å². The molecular formula is C29H32F2N2O5. The molecule has 2 aromatic carbocycles. The molecule has 1 unspecified atom stereocenters. The highest BCUT2D eigenvalue weighted by Gasteiger charge is 2.33. The predicted octanol–water partition coefficient (Wildman–Crippen LogP) is 3.94. The van der Waals surface area contributed by atoms with Crippen LogP contribution in [0.5, 0.6) is 5.75 Å². The molecule has 4 atom stereocenters. The summed E-state index contributed by atoms with van der Waals surface area (Å²) in [6.45, 7) is -0.422. The number of aryl methyl sites for hydroxylation is 1. The largest absolute Gasteiger partial charge is 0.495 e. The van der Waals surface area contributed by atoms with Crippen molar-refractivity contribution in [3.63, 3.8) is 0 Å². The van der Waals surface area contributed by atoms with Crippen LogP contribution < -0.4 is 10.1 Å². The Kier molecular flexibility index (Phi) is 9.38. The zero-order valence-corrected chi connectivity index (χ0v) is 21.1. The van der Waals surface area contributed by atoms with Crippen molar-refractivity contribution >= 4 is 22.9 Å². The van der Waals surface area contributed by atoms with E-state index in [4.69, 9.17) is 9.47 Å². The monoisotopic (exact) mass is 526 g/mol. The quantitative estimate of drug-likeness (QED) is 0.346. The highest BCUT2D eigenvalue weighted by atomic mass is 19.1. The van der Waals surface area contributed by atoms with Crippen molar-refractivity contribution in [2.45, 2.75) is 56.5 Å². The number of methoxy groups -OCH3 is 1. The van der Waals surface area contributed by atoms with E-state index in [0.29, 0.717) is 18.6 Å². The molecule has 1 amide bonds. The zero-order valence-electron chi connectivity index (χ0n) is 21.1. The maximum Gasteiger partial charge on any atom is 0.244 e. The van der Waals surface area contributed by atoms with Crippen LogP contribution >= 0.6 is 0 Å². The fourth-order valence-corrected chi connectivity index (χ4v) is 4.78. The summed E-state index contributed by atoms with van der Waals surface area (Å²) in [4.78, 5) is 17.0. The Morgan fingerprint density at radius 2 is 2.11 bits per heavy atom. The number of rotatable bonds is 10. The van der Waals surface area contributed by atoms with Gasteiger partial charge in [0.25, 0.3) is 0 Å². The number of nitrogens with zero attached hydrogens (tertiary/aromatic N) is 1. The number of fused-ring (bicyclic) bond motifs is 1. The van der Waals surface area contributed by atoms with E-state index in [1.54, 1.807) is 13.3 Å². The summed E-state index contributed by atoms with van der Waals surface area (Å²) in [5, 5.41) is 23.3. The Morgan fingerprint density at radius 1 is 1.26 bits per heavy atom. The van der Waals surface area contributed by atoms with Gasteiger partial charge in [0.2, 0.25) is 5.91 Å². The molecule has 1 aliphatic rings. The number of hydrogen-bond donors (Lipinski definition) is 3. The first-order valence-corrected chi connectivity index (χ1v) is 12.7. The van der Waals surface area contributed by atoms with Crippen LogP contribution in [-0.2, 0) is 16.0 Å². The summed E-state index contributed by atoms with van der Waals surface area (Å²) in [7, 11) is 1.60. The molecule has 9 heteroatoms. The molecule has 0 saturated carbocycles. The molecule has 3 aromatic rings. The van der Waals surface area contributed by atoms with Gasteiger partial charge in [0.05, 0.1) is 49.8 Å². The molecule has 0 spiro atoms. The Balaban J connectivity index is 1.40. The first-order valence-electron chi connectivity index (χ1n) is 12.7. The second-order valence-electron chi connectivity index (χ2n) is 9.46. The highest BCUT2D eigenvalue weighted by Crippen LogP contribution is 2.28. The van der Waals surface area contributed by atoms with Gasteiger partial charge < -0.3 is 25.0 Å². The summed E-state index contributed by atoms with van der Waals surface area (Å²) in [6, 6.07) is 10.5. The van der Waals surface area contributed by atoms with Crippen molar-refractivity contribution in [2.75, 3.05) is 13.7 Å². The van der Waals surface area contributed by atoms with Crippen molar-refractivity contribution in [2.24, 2.45) is 0 Å². The van der Waals surface area contributed by atoms with Crippen molar-refractivity contribution < 1.29 is 33.3 Å². The summed E-state index contributed by atoms with van der Waals surface area (Å²) in [5.74, 6) is -1.04. The molecule has 4 rings (SSSR count). The van der Waals surface area contributed by atoms with Gasteiger partial charge >= 0.3 is 0 Å². The standard InChI is InChI=1S/C29H32F2N2O5/c1-37-23-15-24-18(3-2-4-26(24)32-16-23)5-8-22-9-11-27(28(38-22)14-21(35)17-34)33-29(36)12-6-19-13-20(30)7-10-25(19)31/h2-4,6-7,10,12-13,15-16,21-22,27-28,34-35H,5,8-9,11,14,17H2,1H3,(H,33,36)/t21?,22-,27-,28-/m1/s1. The number of aromatic nitrogens is 1. The fraction of sp³-hybridized carbons (Fsp3) is 0.379. The van der Waals surface area contributed by atoms with Gasteiger partial charge in [0, 0.05) is 23.4 Å². The molecular weight excluding hydrogens is 494 g/mol. The number of halogens is 2. The van der Waals surface area contributed by atoms with Crippen LogP contribution in [0.3, 0.4) is 0 Å². The van der Waals surface area contributed by atoms with Gasteiger partial charge in [0.15, 0.2) is 0 Å². The minimum Gasteiger partial charge on any atom is -0.495 e. The molecule has 38 heavy (non-hydrogen) atoms. The van der Waals surface area contributed by atoms with Crippen LogP contribution in [0.15, 0.2) is 54.7 Å². The van der Waals surface area contributed by atoms with Crippen molar-refractivity contribution in [1.29, 1.82) is 0 Å². The number of aliphatic hydroxyl groups excluding tert-OH is 2. The lowest BCUT2D eigenvalue weighted by molar-refractivity contribution is -0.124. The Morgan fingerprint density at radius 3 is 2.89 bits per heavy atom. The Bertz CT molecular complexity index is 1290. The third kappa shape index (κ3) is 7.12. The van der Waals surface area contributed by atoms with E-state index < -0.39 is 42.4 Å². The molecule has 0 radical (unpaired) electrons. The van der Waals surface area contributed by atoms with Crippen molar-refractivity contribution in [1.82, 2.24) is 10.3 Å². The number of benzene rings is 2. The summed E-state index contributed by atoms with van der Waals surface area (Å²) < 4.78 is 38.9. The second kappa shape index (κ2) is 12.9. The molecule has 1 aromatic heterocycles. The topological polar surface area (TPSA) is 101 Å². The number of hydrogen-bond acceptors (Lipinski definition) is 6. The zero-order chi connectivity index (χ0) is 27.1. The van der Waals surface area contributed by atoms with Crippen LogP contribution in [0, 0.1) is 11.6 Å². The Hall–Kier alpha value is -3.40.